The Morgan fingerprint density at radius 1 is 1.00 bits per heavy atom. The smallest absolute Gasteiger partial charge is 0.308 e. The predicted octanol–water partition coefficient (Wildman–Crippen LogP) is 3.28. The fraction of sp³-hybridized carbons (Fsp3) is 0. The SMILES string of the molecule is NS(=O)(=O)c1ccccc1NC(=O)Nc1ccc(Cl)c(Cl)c1. The number of nitrogens with one attached hydrogen (secondary N) is 2. The van der Waals surface area contributed by atoms with Crippen molar-refractivity contribution in [2.45, 2.75) is 4.90 Å². The molecule has 0 radical (unpaired) electrons. The first-order valence-electron chi connectivity index (χ1n) is 5.92. The van der Waals surface area contributed by atoms with Gasteiger partial charge in [-0.2, -0.15) is 0 Å². The van der Waals surface area contributed by atoms with E-state index in [2.05, 4.69) is 10.6 Å². The maximum atomic E-state index is 11.9. The van der Waals surface area contributed by atoms with E-state index in [4.69, 9.17) is 28.3 Å². The fourth-order valence-electron chi connectivity index (χ4n) is 1.68. The standard InChI is InChI=1S/C13H11Cl2N3O3S/c14-9-6-5-8(7-10(9)15)17-13(19)18-11-3-1-2-4-12(11)22(16,20)21/h1-7H,(H2,16,20,21)(H2,17,18,19). The van der Waals surface area contributed by atoms with Gasteiger partial charge in [0, 0.05) is 5.69 Å². The summed E-state index contributed by atoms with van der Waals surface area (Å²) in [5.41, 5.74) is 0.475. The Labute approximate surface area is 137 Å². The Morgan fingerprint density at radius 3 is 2.32 bits per heavy atom. The normalized spacial score (nSPS) is 11.0. The van der Waals surface area contributed by atoms with Crippen LogP contribution in [0.2, 0.25) is 10.0 Å². The van der Waals surface area contributed by atoms with Crippen molar-refractivity contribution in [3.05, 3.63) is 52.5 Å². The summed E-state index contributed by atoms with van der Waals surface area (Å²) in [5.74, 6) is 0. The molecule has 22 heavy (non-hydrogen) atoms. The third-order valence-corrected chi connectivity index (χ3v) is 4.33. The number of urea groups is 1. The number of para-hydroxylation sites is 1. The predicted molar refractivity (Wildman–Crippen MR) is 86.9 cm³/mol. The number of carbonyl (C=O) groups excluding carboxylic acids is 1. The molecule has 0 aliphatic carbocycles. The molecule has 4 N–H and O–H groups in total. The van der Waals surface area contributed by atoms with E-state index in [1.165, 1.54) is 30.3 Å². The number of nitrogens with two attached hydrogens (primary N) is 1. The Morgan fingerprint density at radius 2 is 1.68 bits per heavy atom. The molecule has 0 spiro atoms. The molecule has 0 saturated heterocycles. The second-order valence-electron chi connectivity index (χ2n) is 4.25. The number of primary sulfonamides is 1. The second kappa shape index (κ2) is 6.53. The Kier molecular flexibility index (Phi) is 4.92. The minimum atomic E-state index is -3.95. The van der Waals surface area contributed by atoms with Gasteiger partial charge in [-0.3, -0.25) is 0 Å². The lowest BCUT2D eigenvalue weighted by molar-refractivity contribution is 0.262. The molecule has 0 heterocycles. The van der Waals surface area contributed by atoms with Gasteiger partial charge in [-0.05, 0) is 30.3 Å². The zero-order chi connectivity index (χ0) is 16.3. The van der Waals surface area contributed by atoms with Crippen molar-refractivity contribution in [3.63, 3.8) is 0 Å². The van der Waals surface area contributed by atoms with E-state index in [1.54, 1.807) is 12.1 Å². The summed E-state index contributed by atoms with van der Waals surface area (Å²) in [7, 11) is -3.95. The highest BCUT2D eigenvalue weighted by molar-refractivity contribution is 7.89. The number of benzene rings is 2. The van der Waals surface area contributed by atoms with Gasteiger partial charge in [-0.1, -0.05) is 35.3 Å². The van der Waals surface area contributed by atoms with Crippen LogP contribution < -0.4 is 15.8 Å². The van der Waals surface area contributed by atoms with E-state index in [0.717, 1.165) is 0 Å². The van der Waals surface area contributed by atoms with Gasteiger partial charge in [0.15, 0.2) is 0 Å². The quantitative estimate of drug-likeness (QED) is 0.783. The van der Waals surface area contributed by atoms with Crippen LogP contribution in [-0.2, 0) is 10.0 Å². The summed E-state index contributed by atoms with van der Waals surface area (Å²) >= 11 is 11.6. The number of carbonyl (C=O) groups is 1. The zero-order valence-electron chi connectivity index (χ0n) is 11.0. The molecule has 2 aromatic carbocycles. The van der Waals surface area contributed by atoms with Gasteiger partial charge in [0.1, 0.15) is 4.90 Å². The monoisotopic (exact) mass is 359 g/mol. The van der Waals surface area contributed by atoms with Crippen molar-refractivity contribution in [2.24, 2.45) is 5.14 Å². The number of rotatable bonds is 3. The van der Waals surface area contributed by atoms with Crippen LogP contribution in [0, 0.1) is 0 Å². The first-order valence-corrected chi connectivity index (χ1v) is 8.22. The molecule has 2 amide bonds. The van der Waals surface area contributed by atoms with Gasteiger partial charge in [-0.15, -0.1) is 0 Å². The van der Waals surface area contributed by atoms with Crippen molar-refractivity contribution in [1.82, 2.24) is 0 Å². The zero-order valence-corrected chi connectivity index (χ0v) is 13.3. The van der Waals surface area contributed by atoms with E-state index >= 15 is 0 Å². The lowest BCUT2D eigenvalue weighted by Gasteiger charge is -2.11. The molecule has 0 saturated carbocycles. The summed E-state index contributed by atoms with van der Waals surface area (Å²) in [6.45, 7) is 0. The third-order valence-electron chi connectivity index (χ3n) is 2.62. The van der Waals surface area contributed by atoms with Crippen LogP contribution in [-0.4, -0.2) is 14.4 Å². The molecule has 0 bridgehead atoms. The molecule has 0 atom stereocenters. The molecule has 6 nitrogen and oxygen atoms in total. The van der Waals surface area contributed by atoms with Gasteiger partial charge in [0.25, 0.3) is 0 Å². The molecular weight excluding hydrogens is 349 g/mol. The van der Waals surface area contributed by atoms with E-state index < -0.39 is 16.1 Å². The number of halogens is 2. The molecule has 0 fully saturated rings. The van der Waals surface area contributed by atoms with Crippen molar-refractivity contribution < 1.29 is 13.2 Å². The average molecular weight is 360 g/mol. The van der Waals surface area contributed by atoms with Crippen molar-refractivity contribution in [2.75, 3.05) is 10.6 Å². The summed E-state index contributed by atoms with van der Waals surface area (Å²) in [4.78, 5) is 11.7. The third kappa shape index (κ3) is 4.11. The maximum Gasteiger partial charge on any atom is 0.323 e. The second-order valence-corrected chi connectivity index (χ2v) is 6.59. The molecule has 2 rings (SSSR count). The van der Waals surface area contributed by atoms with Gasteiger partial charge in [-0.25, -0.2) is 18.4 Å². The Hall–Kier alpha value is -1.80. The maximum absolute atomic E-state index is 11.9. The number of anilines is 2. The van der Waals surface area contributed by atoms with E-state index in [9.17, 15) is 13.2 Å². The van der Waals surface area contributed by atoms with Gasteiger partial charge in [0.2, 0.25) is 10.0 Å². The largest absolute Gasteiger partial charge is 0.323 e. The average Bonchev–Trinajstić information content (AvgIpc) is 2.42. The Bertz CT molecular complexity index is 825. The van der Waals surface area contributed by atoms with Crippen LogP contribution in [0.1, 0.15) is 0 Å². The van der Waals surface area contributed by atoms with E-state index in [-0.39, 0.29) is 15.6 Å². The van der Waals surface area contributed by atoms with Gasteiger partial charge >= 0.3 is 6.03 Å². The van der Waals surface area contributed by atoms with E-state index in [1.807, 2.05) is 0 Å². The minimum Gasteiger partial charge on any atom is -0.308 e. The van der Waals surface area contributed by atoms with Crippen LogP contribution in [0.15, 0.2) is 47.4 Å². The lowest BCUT2D eigenvalue weighted by atomic mass is 10.3. The van der Waals surface area contributed by atoms with Gasteiger partial charge in [0.05, 0.1) is 15.7 Å². The van der Waals surface area contributed by atoms with Crippen molar-refractivity contribution >= 4 is 50.6 Å². The van der Waals surface area contributed by atoms with Crippen molar-refractivity contribution in [3.8, 4) is 0 Å². The van der Waals surface area contributed by atoms with Crippen LogP contribution in [0.3, 0.4) is 0 Å². The first kappa shape index (κ1) is 16.6. The topological polar surface area (TPSA) is 101 Å². The lowest BCUT2D eigenvalue weighted by Crippen LogP contribution is -2.22. The van der Waals surface area contributed by atoms with Gasteiger partial charge < -0.3 is 10.6 Å². The molecular formula is C13H11Cl2N3O3S. The number of hydrogen-bond acceptors (Lipinski definition) is 3. The summed E-state index contributed by atoms with van der Waals surface area (Å²) in [6.07, 6.45) is 0. The number of hydrogen-bond donors (Lipinski definition) is 3. The number of amides is 2. The van der Waals surface area contributed by atoms with E-state index in [0.29, 0.717) is 10.7 Å². The fourth-order valence-corrected chi connectivity index (χ4v) is 2.67. The van der Waals surface area contributed by atoms with Crippen LogP contribution >= 0.6 is 23.2 Å². The molecule has 0 aliphatic rings. The van der Waals surface area contributed by atoms with Crippen LogP contribution in [0.25, 0.3) is 0 Å². The van der Waals surface area contributed by atoms with Crippen LogP contribution in [0.5, 0.6) is 0 Å². The first-order chi connectivity index (χ1) is 10.3. The van der Waals surface area contributed by atoms with Crippen molar-refractivity contribution in [1.29, 1.82) is 0 Å². The molecule has 0 unspecified atom stereocenters. The molecule has 2 aromatic rings. The number of sulfonamides is 1. The molecule has 116 valence electrons. The minimum absolute atomic E-state index is 0.0718. The molecule has 0 aromatic heterocycles. The summed E-state index contributed by atoms with van der Waals surface area (Å²) in [5, 5.41) is 10.6. The highest BCUT2D eigenvalue weighted by atomic mass is 35.5. The molecule has 9 heteroatoms. The summed E-state index contributed by atoms with van der Waals surface area (Å²) < 4.78 is 22.9. The molecule has 0 aliphatic heterocycles. The Balaban J connectivity index is 2.18. The van der Waals surface area contributed by atoms with Crippen LogP contribution in [0.4, 0.5) is 16.2 Å². The highest BCUT2D eigenvalue weighted by Gasteiger charge is 2.15. The summed E-state index contributed by atoms with van der Waals surface area (Å²) in [6, 6.07) is 9.70. The highest BCUT2D eigenvalue weighted by Crippen LogP contribution is 2.25.